The highest BCUT2D eigenvalue weighted by Gasteiger charge is 2.17. The molecule has 0 atom stereocenters. The molecule has 0 saturated carbocycles. The third-order valence-electron chi connectivity index (χ3n) is 1.87. The van der Waals surface area contributed by atoms with Crippen molar-refractivity contribution in [3.8, 4) is 6.07 Å². The molecule has 0 fully saturated rings. The lowest BCUT2D eigenvalue weighted by Gasteiger charge is -2.03. The van der Waals surface area contributed by atoms with Gasteiger partial charge in [0.15, 0.2) is 6.29 Å². The van der Waals surface area contributed by atoms with Crippen molar-refractivity contribution in [2.75, 3.05) is 0 Å². The van der Waals surface area contributed by atoms with Gasteiger partial charge in [-0.1, -0.05) is 0 Å². The van der Waals surface area contributed by atoms with E-state index in [2.05, 4.69) is 0 Å². The zero-order chi connectivity index (χ0) is 11.6. The highest BCUT2D eigenvalue weighted by atomic mass is 35.7. The van der Waals surface area contributed by atoms with Crippen LogP contribution in [0.3, 0.4) is 0 Å². The molecule has 0 bridgehead atoms. The molecule has 4 nitrogen and oxygen atoms in total. The van der Waals surface area contributed by atoms with E-state index >= 15 is 0 Å². The van der Waals surface area contributed by atoms with Crippen LogP contribution < -0.4 is 0 Å². The van der Waals surface area contributed by atoms with E-state index in [0.29, 0.717) is 11.8 Å². The molecule has 1 aromatic rings. The Labute approximate surface area is 91.5 Å². The summed E-state index contributed by atoms with van der Waals surface area (Å²) in [4.78, 5) is 10.3. The van der Waals surface area contributed by atoms with Crippen molar-refractivity contribution >= 4 is 26.0 Å². The molecule has 0 aliphatic carbocycles. The quantitative estimate of drug-likeness (QED) is 0.584. The normalized spacial score (nSPS) is 10.7. The molecule has 0 amide bonds. The molecule has 0 N–H and O–H groups in total. The first kappa shape index (κ1) is 11.7. The van der Waals surface area contributed by atoms with Crippen LogP contribution in [-0.2, 0) is 9.05 Å². The molecule has 0 aliphatic heterocycles. The average Bonchev–Trinajstić information content (AvgIpc) is 2.15. The van der Waals surface area contributed by atoms with Gasteiger partial charge < -0.3 is 0 Å². The predicted octanol–water partition coefficient (Wildman–Crippen LogP) is 1.61. The minimum absolute atomic E-state index is 0.0403. The van der Waals surface area contributed by atoms with Crippen molar-refractivity contribution in [2.24, 2.45) is 0 Å². The number of aryl methyl sites for hydroxylation is 1. The van der Waals surface area contributed by atoms with Crippen LogP contribution in [0.2, 0.25) is 0 Å². The molecular weight excluding hydrogens is 238 g/mol. The van der Waals surface area contributed by atoms with Crippen LogP contribution in [0.1, 0.15) is 21.5 Å². The second-order valence-corrected chi connectivity index (χ2v) is 5.41. The SMILES string of the molecule is Cc1cc(C=O)c(S(=O)(=O)Cl)cc1C#N. The number of nitriles is 1. The van der Waals surface area contributed by atoms with Crippen molar-refractivity contribution in [3.05, 3.63) is 28.8 Å². The number of carbonyl (C=O) groups excluding carboxylic acids is 1. The molecule has 6 heteroatoms. The van der Waals surface area contributed by atoms with E-state index in [1.54, 1.807) is 6.92 Å². The Bertz CT molecular complexity index is 557. The summed E-state index contributed by atoms with van der Waals surface area (Å²) in [6.45, 7) is 1.61. The van der Waals surface area contributed by atoms with Gasteiger partial charge in [0.2, 0.25) is 0 Å². The van der Waals surface area contributed by atoms with Crippen molar-refractivity contribution in [3.63, 3.8) is 0 Å². The Morgan fingerprint density at radius 3 is 2.47 bits per heavy atom. The van der Waals surface area contributed by atoms with Gasteiger partial charge in [-0.2, -0.15) is 5.26 Å². The Morgan fingerprint density at radius 2 is 2.07 bits per heavy atom. The average molecular weight is 244 g/mol. The molecule has 0 saturated heterocycles. The van der Waals surface area contributed by atoms with Crippen molar-refractivity contribution < 1.29 is 13.2 Å². The third-order valence-corrected chi connectivity index (χ3v) is 3.24. The number of nitrogens with zero attached hydrogens (tertiary/aromatic N) is 1. The number of hydrogen-bond donors (Lipinski definition) is 0. The molecule has 1 aromatic carbocycles. The van der Waals surface area contributed by atoms with E-state index in [9.17, 15) is 13.2 Å². The highest BCUT2D eigenvalue weighted by Crippen LogP contribution is 2.22. The Balaban J connectivity index is 3.66. The van der Waals surface area contributed by atoms with Gasteiger partial charge in [-0.05, 0) is 24.6 Å². The van der Waals surface area contributed by atoms with Crippen LogP contribution in [0.5, 0.6) is 0 Å². The monoisotopic (exact) mass is 243 g/mol. The van der Waals surface area contributed by atoms with E-state index in [4.69, 9.17) is 15.9 Å². The summed E-state index contributed by atoms with van der Waals surface area (Å²) in [5, 5.41) is 8.70. The Kier molecular flexibility index (Phi) is 3.12. The molecule has 0 heterocycles. The van der Waals surface area contributed by atoms with Gasteiger partial charge in [0.25, 0.3) is 9.05 Å². The van der Waals surface area contributed by atoms with E-state index in [1.807, 2.05) is 6.07 Å². The summed E-state index contributed by atoms with van der Waals surface area (Å²) < 4.78 is 22.2. The molecule has 0 radical (unpaired) electrons. The van der Waals surface area contributed by atoms with E-state index < -0.39 is 9.05 Å². The van der Waals surface area contributed by atoms with Gasteiger partial charge in [0, 0.05) is 16.2 Å². The Morgan fingerprint density at radius 1 is 1.47 bits per heavy atom. The molecular formula is C9H6ClNO3S. The lowest BCUT2D eigenvalue weighted by atomic mass is 10.1. The number of benzene rings is 1. The maximum atomic E-state index is 11.1. The van der Waals surface area contributed by atoms with Crippen LogP contribution in [0.25, 0.3) is 0 Å². The highest BCUT2D eigenvalue weighted by molar-refractivity contribution is 8.13. The molecule has 0 aromatic heterocycles. The molecule has 1 rings (SSSR count). The van der Waals surface area contributed by atoms with Crippen molar-refractivity contribution in [1.82, 2.24) is 0 Å². The zero-order valence-corrected chi connectivity index (χ0v) is 9.26. The summed E-state index contributed by atoms with van der Waals surface area (Å²) in [6, 6.07) is 4.24. The topological polar surface area (TPSA) is 75.0 Å². The number of rotatable bonds is 2. The molecule has 0 aliphatic rings. The summed E-state index contributed by atoms with van der Waals surface area (Å²) in [7, 11) is 1.12. The lowest BCUT2D eigenvalue weighted by Crippen LogP contribution is -1.99. The largest absolute Gasteiger partial charge is 0.298 e. The van der Waals surface area contributed by atoms with E-state index in [0.717, 1.165) is 6.07 Å². The second-order valence-electron chi connectivity index (χ2n) is 2.87. The molecule has 15 heavy (non-hydrogen) atoms. The smallest absolute Gasteiger partial charge is 0.262 e. The lowest BCUT2D eigenvalue weighted by molar-refractivity contribution is 0.112. The van der Waals surface area contributed by atoms with Crippen LogP contribution in [0.15, 0.2) is 17.0 Å². The van der Waals surface area contributed by atoms with Gasteiger partial charge in [0.1, 0.15) is 0 Å². The van der Waals surface area contributed by atoms with E-state index in [1.165, 1.54) is 6.07 Å². The summed E-state index contributed by atoms with van der Waals surface area (Å²) in [6.07, 6.45) is 0.392. The first-order chi connectivity index (χ1) is 6.90. The molecule has 0 unspecified atom stereocenters. The summed E-state index contributed by atoms with van der Waals surface area (Å²) in [5.74, 6) is 0. The number of aldehydes is 1. The number of halogens is 1. The second kappa shape index (κ2) is 4.01. The van der Waals surface area contributed by atoms with Gasteiger partial charge in [-0.3, -0.25) is 4.79 Å². The van der Waals surface area contributed by atoms with Gasteiger partial charge in [0.05, 0.1) is 16.5 Å². The Hall–Kier alpha value is -1.38. The molecule has 78 valence electrons. The number of carbonyl (C=O) groups is 1. The summed E-state index contributed by atoms with van der Waals surface area (Å²) >= 11 is 0. The minimum atomic E-state index is -4.01. The van der Waals surface area contributed by atoms with Crippen molar-refractivity contribution in [1.29, 1.82) is 5.26 Å². The van der Waals surface area contributed by atoms with Crippen LogP contribution >= 0.6 is 10.7 Å². The van der Waals surface area contributed by atoms with Crippen LogP contribution in [0.4, 0.5) is 0 Å². The van der Waals surface area contributed by atoms with Crippen LogP contribution in [0, 0.1) is 18.3 Å². The standard InChI is InChI=1S/C9H6ClNO3S/c1-6-2-8(5-12)9(15(10,13)14)3-7(6)4-11/h2-3,5H,1H3. The minimum Gasteiger partial charge on any atom is -0.298 e. The number of hydrogen-bond acceptors (Lipinski definition) is 4. The fraction of sp³-hybridized carbons (Fsp3) is 0.111. The molecule has 0 spiro atoms. The van der Waals surface area contributed by atoms with Crippen LogP contribution in [-0.4, -0.2) is 14.7 Å². The van der Waals surface area contributed by atoms with Gasteiger partial charge in [-0.25, -0.2) is 8.42 Å². The van der Waals surface area contributed by atoms with Gasteiger partial charge in [-0.15, -0.1) is 0 Å². The first-order valence-electron chi connectivity index (χ1n) is 3.84. The summed E-state index contributed by atoms with van der Waals surface area (Å²) in [5.41, 5.74) is 0.671. The maximum Gasteiger partial charge on any atom is 0.262 e. The first-order valence-corrected chi connectivity index (χ1v) is 6.15. The fourth-order valence-electron chi connectivity index (χ4n) is 1.13. The fourth-order valence-corrected chi connectivity index (χ4v) is 2.18. The van der Waals surface area contributed by atoms with E-state index in [-0.39, 0.29) is 16.0 Å². The predicted molar refractivity (Wildman–Crippen MR) is 54.3 cm³/mol. The maximum absolute atomic E-state index is 11.1. The third kappa shape index (κ3) is 2.35. The van der Waals surface area contributed by atoms with Crippen molar-refractivity contribution in [2.45, 2.75) is 11.8 Å². The zero-order valence-electron chi connectivity index (χ0n) is 7.69. The van der Waals surface area contributed by atoms with Gasteiger partial charge >= 0.3 is 0 Å².